The normalized spacial score (nSPS) is 18.1. The molecule has 1 aliphatic rings. The molecule has 3 rings (SSSR count). The van der Waals surface area contributed by atoms with E-state index in [2.05, 4.69) is 4.98 Å². The maximum absolute atomic E-state index is 12.0. The average Bonchev–Trinajstić information content (AvgIpc) is 3.04. The number of hydrogen-bond acceptors (Lipinski definition) is 5. The highest BCUT2D eigenvalue weighted by molar-refractivity contribution is 7.13. The zero-order valence-electron chi connectivity index (χ0n) is 12.0. The van der Waals surface area contributed by atoms with Gasteiger partial charge in [0.05, 0.1) is 6.10 Å². The lowest BCUT2D eigenvalue weighted by Gasteiger charge is -2.21. The molecule has 1 aromatic heterocycles. The van der Waals surface area contributed by atoms with Gasteiger partial charge in [0, 0.05) is 22.6 Å². The average molecular weight is 338 g/mol. The molecule has 2 heterocycles. The molecule has 1 fully saturated rings. The van der Waals surface area contributed by atoms with Gasteiger partial charge < -0.3 is 9.47 Å². The van der Waals surface area contributed by atoms with Crippen molar-refractivity contribution < 1.29 is 14.3 Å². The van der Waals surface area contributed by atoms with Gasteiger partial charge in [0.15, 0.2) is 5.69 Å². The molecule has 22 heavy (non-hydrogen) atoms. The lowest BCUT2D eigenvalue weighted by Crippen LogP contribution is -2.26. The Morgan fingerprint density at radius 1 is 1.45 bits per heavy atom. The number of aromatic nitrogens is 1. The van der Waals surface area contributed by atoms with E-state index >= 15 is 0 Å². The number of rotatable bonds is 4. The number of thiazole rings is 1. The molecule has 1 atom stereocenters. The monoisotopic (exact) mass is 337 g/mol. The molecule has 0 radical (unpaired) electrons. The molecule has 1 saturated heterocycles. The molecular formula is C16H16ClNO3S. The number of benzene rings is 1. The Morgan fingerprint density at radius 2 is 2.36 bits per heavy atom. The Kier molecular flexibility index (Phi) is 5.08. The summed E-state index contributed by atoms with van der Waals surface area (Å²) in [6, 6.07) is 7.40. The second-order valence-corrected chi connectivity index (χ2v) is 6.43. The van der Waals surface area contributed by atoms with Gasteiger partial charge in [-0.3, -0.25) is 0 Å². The first-order valence-electron chi connectivity index (χ1n) is 7.22. The van der Waals surface area contributed by atoms with Crippen LogP contribution in [0.3, 0.4) is 0 Å². The van der Waals surface area contributed by atoms with E-state index in [1.54, 1.807) is 11.4 Å². The minimum absolute atomic E-state index is 0.0173. The predicted octanol–water partition coefficient (Wildman–Crippen LogP) is 4.19. The third-order valence-electron chi connectivity index (χ3n) is 3.46. The van der Waals surface area contributed by atoms with E-state index in [1.165, 1.54) is 11.3 Å². The molecule has 0 bridgehead atoms. The third kappa shape index (κ3) is 3.85. The SMILES string of the molecule is O=C(OCC1CCCCO1)c1csc(-c2cccc(Cl)c2)n1. The fourth-order valence-electron chi connectivity index (χ4n) is 2.30. The van der Waals surface area contributed by atoms with Crippen molar-refractivity contribution >= 4 is 28.9 Å². The smallest absolute Gasteiger partial charge is 0.357 e. The van der Waals surface area contributed by atoms with Crippen molar-refractivity contribution in [1.29, 1.82) is 0 Å². The molecule has 1 aromatic carbocycles. The number of ether oxygens (including phenoxy) is 2. The lowest BCUT2D eigenvalue weighted by atomic mass is 10.1. The minimum atomic E-state index is -0.404. The van der Waals surface area contributed by atoms with Crippen molar-refractivity contribution in [2.45, 2.75) is 25.4 Å². The van der Waals surface area contributed by atoms with Crippen LogP contribution in [-0.4, -0.2) is 30.3 Å². The highest BCUT2D eigenvalue weighted by Crippen LogP contribution is 2.26. The van der Waals surface area contributed by atoms with Gasteiger partial charge >= 0.3 is 5.97 Å². The number of halogens is 1. The van der Waals surface area contributed by atoms with Crippen molar-refractivity contribution in [2.24, 2.45) is 0 Å². The summed E-state index contributed by atoms with van der Waals surface area (Å²) in [4.78, 5) is 16.4. The first kappa shape index (κ1) is 15.5. The van der Waals surface area contributed by atoms with Gasteiger partial charge in [0.25, 0.3) is 0 Å². The molecule has 1 aliphatic heterocycles. The fraction of sp³-hybridized carbons (Fsp3) is 0.375. The Balaban J connectivity index is 1.61. The quantitative estimate of drug-likeness (QED) is 0.785. The molecular weight excluding hydrogens is 322 g/mol. The first-order valence-corrected chi connectivity index (χ1v) is 8.48. The topological polar surface area (TPSA) is 48.4 Å². The molecule has 116 valence electrons. The van der Waals surface area contributed by atoms with E-state index in [0.717, 1.165) is 36.4 Å². The number of hydrogen-bond donors (Lipinski definition) is 0. The van der Waals surface area contributed by atoms with Gasteiger partial charge in [0.2, 0.25) is 0 Å². The summed E-state index contributed by atoms with van der Waals surface area (Å²) in [6.07, 6.45) is 3.17. The molecule has 0 N–H and O–H groups in total. The lowest BCUT2D eigenvalue weighted by molar-refractivity contribution is -0.0302. The zero-order chi connectivity index (χ0) is 15.4. The van der Waals surface area contributed by atoms with E-state index in [1.807, 2.05) is 18.2 Å². The van der Waals surface area contributed by atoms with Gasteiger partial charge in [0.1, 0.15) is 11.6 Å². The summed E-state index contributed by atoms with van der Waals surface area (Å²) in [5.41, 5.74) is 1.22. The number of carbonyl (C=O) groups excluding carboxylic acids is 1. The number of esters is 1. The molecule has 6 heteroatoms. The fourth-order valence-corrected chi connectivity index (χ4v) is 3.28. The van der Waals surface area contributed by atoms with Gasteiger partial charge in [-0.2, -0.15) is 0 Å². The van der Waals surface area contributed by atoms with Crippen LogP contribution in [0.1, 0.15) is 29.8 Å². The molecule has 0 aliphatic carbocycles. The Morgan fingerprint density at radius 3 is 3.14 bits per heavy atom. The zero-order valence-corrected chi connectivity index (χ0v) is 13.5. The van der Waals surface area contributed by atoms with Gasteiger partial charge in [-0.1, -0.05) is 23.7 Å². The largest absolute Gasteiger partial charge is 0.458 e. The van der Waals surface area contributed by atoms with Crippen molar-refractivity contribution in [3.63, 3.8) is 0 Å². The standard InChI is InChI=1S/C16H16ClNO3S/c17-12-5-3-4-11(8-12)15-18-14(10-22-15)16(19)21-9-13-6-1-2-7-20-13/h3-5,8,10,13H,1-2,6-7,9H2. The predicted molar refractivity (Wildman–Crippen MR) is 86.4 cm³/mol. The van der Waals surface area contributed by atoms with Crippen LogP contribution in [0.15, 0.2) is 29.6 Å². The Hall–Kier alpha value is -1.43. The van der Waals surface area contributed by atoms with Gasteiger partial charge in [-0.25, -0.2) is 9.78 Å². The Labute approximate surface area is 138 Å². The van der Waals surface area contributed by atoms with E-state index in [0.29, 0.717) is 17.3 Å². The summed E-state index contributed by atoms with van der Waals surface area (Å²) in [7, 11) is 0. The molecule has 4 nitrogen and oxygen atoms in total. The van der Waals surface area contributed by atoms with Crippen LogP contribution >= 0.6 is 22.9 Å². The van der Waals surface area contributed by atoms with Crippen molar-refractivity contribution in [1.82, 2.24) is 4.98 Å². The van der Waals surface area contributed by atoms with Crippen LogP contribution in [-0.2, 0) is 9.47 Å². The van der Waals surface area contributed by atoms with E-state index in [4.69, 9.17) is 21.1 Å². The maximum atomic E-state index is 12.0. The summed E-state index contributed by atoms with van der Waals surface area (Å²) in [5, 5.41) is 3.11. The molecule has 2 aromatic rings. The van der Waals surface area contributed by atoms with Crippen molar-refractivity contribution in [3.8, 4) is 10.6 Å². The molecule has 1 unspecified atom stereocenters. The van der Waals surface area contributed by atoms with E-state index in [9.17, 15) is 4.79 Å². The summed E-state index contributed by atoms with van der Waals surface area (Å²) in [6.45, 7) is 1.04. The molecule has 0 amide bonds. The molecule has 0 saturated carbocycles. The minimum Gasteiger partial charge on any atom is -0.458 e. The number of nitrogens with zero attached hydrogens (tertiary/aromatic N) is 1. The highest BCUT2D eigenvalue weighted by Gasteiger charge is 2.18. The van der Waals surface area contributed by atoms with E-state index < -0.39 is 5.97 Å². The molecule has 0 spiro atoms. The number of carbonyl (C=O) groups is 1. The third-order valence-corrected chi connectivity index (χ3v) is 4.59. The van der Waals surface area contributed by atoms with E-state index in [-0.39, 0.29) is 6.10 Å². The van der Waals surface area contributed by atoms with Crippen molar-refractivity contribution in [2.75, 3.05) is 13.2 Å². The Bertz CT molecular complexity index is 652. The maximum Gasteiger partial charge on any atom is 0.357 e. The van der Waals surface area contributed by atoms with Crippen LogP contribution in [0.2, 0.25) is 5.02 Å². The van der Waals surface area contributed by atoms with Gasteiger partial charge in [-0.15, -0.1) is 11.3 Å². The van der Waals surface area contributed by atoms with Crippen molar-refractivity contribution in [3.05, 3.63) is 40.4 Å². The van der Waals surface area contributed by atoms with Gasteiger partial charge in [-0.05, 0) is 31.4 Å². The summed E-state index contributed by atoms with van der Waals surface area (Å²) < 4.78 is 10.8. The van der Waals surface area contributed by atoms with Crippen LogP contribution < -0.4 is 0 Å². The second-order valence-electron chi connectivity index (χ2n) is 5.14. The highest BCUT2D eigenvalue weighted by atomic mass is 35.5. The van der Waals surface area contributed by atoms with Crippen LogP contribution in [0.25, 0.3) is 10.6 Å². The second kappa shape index (κ2) is 7.22. The van der Waals surface area contributed by atoms with Crippen LogP contribution in [0, 0.1) is 0 Å². The summed E-state index contributed by atoms with van der Waals surface area (Å²) >= 11 is 7.37. The van der Waals surface area contributed by atoms with Crippen LogP contribution in [0.4, 0.5) is 0 Å². The first-order chi connectivity index (χ1) is 10.7. The summed E-state index contributed by atoms with van der Waals surface area (Å²) in [5.74, 6) is -0.404. The van der Waals surface area contributed by atoms with Crippen LogP contribution in [0.5, 0.6) is 0 Å².